The van der Waals surface area contributed by atoms with Crippen molar-refractivity contribution >= 4 is 17.0 Å². The van der Waals surface area contributed by atoms with Gasteiger partial charge in [-0.25, -0.2) is 19.6 Å². The number of anilines is 1. The lowest BCUT2D eigenvalue weighted by atomic mass is 10.1. The van der Waals surface area contributed by atoms with Crippen LogP contribution in [0, 0.1) is 5.95 Å². The topological polar surface area (TPSA) is 123 Å². The van der Waals surface area contributed by atoms with Crippen LogP contribution in [0.15, 0.2) is 60.9 Å². The fraction of sp³-hybridized carbons (Fsp3) is 0.0909. The van der Waals surface area contributed by atoms with E-state index in [2.05, 4.69) is 10.1 Å². The first kappa shape index (κ1) is 18.5. The van der Waals surface area contributed by atoms with Gasteiger partial charge in [0.05, 0.1) is 17.3 Å². The van der Waals surface area contributed by atoms with Crippen molar-refractivity contribution in [2.45, 2.75) is 6.04 Å². The number of aromatic nitrogens is 6. The Morgan fingerprint density at radius 2 is 2.00 bits per heavy atom. The molecule has 6 rings (SSSR count). The van der Waals surface area contributed by atoms with Crippen LogP contribution in [-0.2, 0) is 0 Å². The monoisotopic (exact) mass is 428 g/mol. The van der Waals surface area contributed by atoms with Gasteiger partial charge in [0.15, 0.2) is 17.3 Å². The van der Waals surface area contributed by atoms with Gasteiger partial charge in [0.1, 0.15) is 23.7 Å². The molecule has 0 fully saturated rings. The molecule has 0 radical (unpaired) electrons. The Morgan fingerprint density at radius 1 is 1.09 bits per heavy atom. The summed E-state index contributed by atoms with van der Waals surface area (Å²) in [6.07, 6.45) is 3.13. The Hall–Kier alpha value is -4.31. The van der Waals surface area contributed by atoms with Crippen LogP contribution in [-0.4, -0.2) is 35.9 Å². The van der Waals surface area contributed by atoms with Crippen LogP contribution in [0.3, 0.4) is 0 Å². The van der Waals surface area contributed by atoms with Gasteiger partial charge in [0, 0.05) is 30.1 Å². The van der Waals surface area contributed by atoms with Gasteiger partial charge >= 0.3 is 0 Å². The van der Waals surface area contributed by atoms with Gasteiger partial charge < -0.3 is 16.2 Å². The summed E-state index contributed by atoms with van der Waals surface area (Å²) < 4.78 is 22.5. The average molecular weight is 428 g/mol. The maximum atomic E-state index is 13.5. The fourth-order valence-corrected chi connectivity index (χ4v) is 3.90. The minimum atomic E-state index is -0.587. The van der Waals surface area contributed by atoms with Gasteiger partial charge in [-0.2, -0.15) is 4.39 Å². The van der Waals surface area contributed by atoms with Crippen LogP contribution in [0.2, 0.25) is 0 Å². The molecule has 1 aliphatic heterocycles. The Labute approximate surface area is 181 Å². The number of rotatable bonds is 3. The van der Waals surface area contributed by atoms with Crippen LogP contribution < -0.4 is 16.2 Å². The highest BCUT2D eigenvalue weighted by atomic mass is 19.1. The number of imidazole rings is 1. The molecule has 5 aromatic rings. The quantitative estimate of drug-likeness (QED) is 0.453. The highest BCUT2D eigenvalue weighted by molar-refractivity contribution is 5.83. The van der Waals surface area contributed by atoms with E-state index in [4.69, 9.17) is 26.2 Å². The number of halogens is 1. The van der Waals surface area contributed by atoms with E-state index in [-0.39, 0.29) is 6.04 Å². The third-order valence-electron chi connectivity index (χ3n) is 5.43. The number of hydrogen-bond acceptors (Lipinski definition) is 7. The lowest BCUT2D eigenvalue weighted by Gasteiger charge is -2.12. The highest BCUT2D eigenvalue weighted by Crippen LogP contribution is 2.36. The first-order valence-electron chi connectivity index (χ1n) is 9.93. The Kier molecular flexibility index (Phi) is 3.95. The maximum Gasteiger partial charge on any atom is 0.233 e. The third-order valence-corrected chi connectivity index (χ3v) is 5.43. The molecule has 0 saturated carbocycles. The summed E-state index contributed by atoms with van der Waals surface area (Å²) in [6.45, 7) is 0.430. The largest absolute Gasteiger partial charge is 0.491 e. The molecule has 0 unspecified atom stereocenters. The van der Waals surface area contributed by atoms with Crippen molar-refractivity contribution in [1.29, 1.82) is 0 Å². The summed E-state index contributed by atoms with van der Waals surface area (Å²) in [5, 5.41) is 3.82. The van der Waals surface area contributed by atoms with E-state index in [1.54, 1.807) is 18.3 Å². The number of nitrogens with zero attached hydrogens (tertiary/aromatic N) is 6. The van der Waals surface area contributed by atoms with E-state index >= 15 is 0 Å². The lowest BCUT2D eigenvalue weighted by Crippen LogP contribution is -2.10. The molecule has 32 heavy (non-hydrogen) atoms. The Balaban J connectivity index is 1.63. The minimum Gasteiger partial charge on any atom is -0.491 e. The fourth-order valence-electron chi connectivity index (χ4n) is 3.90. The van der Waals surface area contributed by atoms with Crippen molar-refractivity contribution in [3.05, 3.63) is 72.4 Å². The highest BCUT2D eigenvalue weighted by Gasteiger charge is 2.24. The zero-order chi connectivity index (χ0) is 21.8. The molecule has 1 aliphatic rings. The normalized spacial score (nSPS) is 15.1. The Morgan fingerprint density at radius 3 is 2.81 bits per heavy atom. The molecule has 10 heteroatoms. The molecule has 4 N–H and O–H groups in total. The number of benzene rings is 1. The van der Waals surface area contributed by atoms with E-state index in [9.17, 15) is 4.39 Å². The van der Waals surface area contributed by atoms with Gasteiger partial charge in [-0.05, 0) is 30.3 Å². The second kappa shape index (κ2) is 6.86. The van der Waals surface area contributed by atoms with Crippen LogP contribution in [0.25, 0.3) is 34.1 Å². The van der Waals surface area contributed by atoms with Crippen molar-refractivity contribution in [2.75, 3.05) is 12.3 Å². The lowest BCUT2D eigenvalue weighted by molar-refractivity contribution is 0.333. The van der Waals surface area contributed by atoms with Crippen LogP contribution >= 0.6 is 0 Å². The maximum absolute atomic E-state index is 13.5. The molecule has 0 amide bonds. The van der Waals surface area contributed by atoms with Crippen molar-refractivity contribution in [3.8, 4) is 28.6 Å². The summed E-state index contributed by atoms with van der Waals surface area (Å²) in [7, 11) is 0. The number of nitrogen functional groups attached to an aromatic ring is 1. The molecule has 5 heterocycles. The van der Waals surface area contributed by atoms with E-state index in [0.717, 1.165) is 11.3 Å². The molecule has 0 aliphatic carbocycles. The molecule has 1 aromatic carbocycles. The molecule has 0 spiro atoms. The summed E-state index contributed by atoms with van der Waals surface area (Å²) in [5.41, 5.74) is 15.9. The van der Waals surface area contributed by atoms with Crippen LogP contribution in [0.4, 0.5) is 10.2 Å². The predicted octanol–water partition coefficient (Wildman–Crippen LogP) is 2.78. The molecule has 158 valence electrons. The third kappa shape index (κ3) is 2.81. The van der Waals surface area contributed by atoms with Crippen molar-refractivity contribution < 1.29 is 9.13 Å². The smallest absolute Gasteiger partial charge is 0.233 e. The van der Waals surface area contributed by atoms with Gasteiger partial charge in [-0.15, -0.1) is 5.10 Å². The first-order chi connectivity index (χ1) is 15.6. The number of fused-ring (bicyclic) bond motifs is 2. The zero-order valence-electron chi connectivity index (χ0n) is 16.7. The van der Waals surface area contributed by atoms with E-state index in [1.807, 2.05) is 34.9 Å². The van der Waals surface area contributed by atoms with Gasteiger partial charge in [-0.3, -0.25) is 4.57 Å². The summed E-state index contributed by atoms with van der Waals surface area (Å²) in [5.74, 6) is 1.50. The van der Waals surface area contributed by atoms with E-state index < -0.39 is 5.95 Å². The molecule has 9 nitrogen and oxygen atoms in total. The summed E-state index contributed by atoms with van der Waals surface area (Å²) in [6, 6.07) is 14.1. The molecule has 0 saturated heterocycles. The van der Waals surface area contributed by atoms with E-state index in [0.29, 0.717) is 46.5 Å². The SMILES string of the molecule is Nc1ncccc1-c1nc2ccc(-n3ccc(F)n3)nc2n1-c1ccc2c(c1)OC[C@@H]2N. The van der Waals surface area contributed by atoms with Crippen molar-refractivity contribution in [3.63, 3.8) is 0 Å². The minimum absolute atomic E-state index is 0.161. The standard InChI is InChI=1S/C22H17FN8O/c23-18-7-9-30(29-18)19-6-5-16-22(28-19)31(21(27-16)14-2-1-8-26-20(14)25)12-3-4-13-15(24)11-32-17(13)10-12/h1-10,15H,11,24H2,(H2,25,26)/t15-/m0/s1. The summed E-state index contributed by atoms with van der Waals surface area (Å²) >= 11 is 0. The predicted molar refractivity (Wildman–Crippen MR) is 116 cm³/mol. The molecule has 4 aromatic heterocycles. The van der Waals surface area contributed by atoms with Gasteiger partial charge in [0.2, 0.25) is 5.95 Å². The van der Waals surface area contributed by atoms with Crippen LogP contribution in [0.5, 0.6) is 5.75 Å². The van der Waals surface area contributed by atoms with E-state index in [1.165, 1.54) is 16.9 Å². The van der Waals surface area contributed by atoms with Gasteiger partial charge in [-0.1, -0.05) is 6.07 Å². The van der Waals surface area contributed by atoms with Gasteiger partial charge in [0.25, 0.3) is 0 Å². The number of ether oxygens (including phenoxy) is 1. The first-order valence-corrected chi connectivity index (χ1v) is 9.93. The molecule has 0 bridgehead atoms. The summed E-state index contributed by atoms with van der Waals surface area (Å²) in [4.78, 5) is 13.7. The van der Waals surface area contributed by atoms with Crippen LogP contribution in [0.1, 0.15) is 11.6 Å². The number of nitrogens with two attached hydrogens (primary N) is 2. The second-order valence-corrected chi connectivity index (χ2v) is 7.44. The van der Waals surface area contributed by atoms with Crippen molar-refractivity contribution in [1.82, 2.24) is 29.3 Å². The number of hydrogen-bond donors (Lipinski definition) is 2. The molecular formula is C22H17FN8O. The number of pyridine rings is 2. The molecular weight excluding hydrogens is 411 g/mol. The average Bonchev–Trinajstić information content (AvgIpc) is 3.50. The zero-order valence-corrected chi connectivity index (χ0v) is 16.7. The second-order valence-electron chi connectivity index (χ2n) is 7.44. The van der Waals surface area contributed by atoms with Crippen molar-refractivity contribution in [2.24, 2.45) is 5.73 Å². The Bertz CT molecular complexity index is 1490. The molecule has 1 atom stereocenters.